The van der Waals surface area contributed by atoms with Crippen molar-refractivity contribution in [3.8, 4) is 0 Å². The van der Waals surface area contributed by atoms with Gasteiger partial charge < -0.3 is 10.4 Å². The molecule has 1 rings (SSSR count). The van der Waals surface area contributed by atoms with E-state index in [-0.39, 0.29) is 12.0 Å². The lowest BCUT2D eigenvalue weighted by atomic mass is 10.2. The molecule has 0 radical (unpaired) electrons. The van der Waals surface area contributed by atoms with Crippen molar-refractivity contribution in [2.45, 2.75) is 39.2 Å². The molecule has 18 heavy (non-hydrogen) atoms. The summed E-state index contributed by atoms with van der Waals surface area (Å²) < 4.78 is 0. The molecule has 0 fully saturated rings. The Morgan fingerprint density at radius 3 is 2.89 bits per heavy atom. The Labute approximate surface area is 112 Å². The van der Waals surface area contributed by atoms with Gasteiger partial charge in [0.2, 0.25) is 0 Å². The van der Waals surface area contributed by atoms with Crippen molar-refractivity contribution >= 4 is 17.5 Å². The molecule has 4 nitrogen and oxygen atoms in total. The van der Waals surface area contributed by atoms with Gasteiger partial charge in [0.05, 0.1) is 6.10 Å². The summed E-state index contributed by atoms with van der Waals surface area (Å²) in [6.07, 6.45) is 1.84. The van der Waals surface area contributed by atoms with E-state index in [4.69, 9.17) is 16.7 Å². The molecule has 1 unspecified atom stereocenters. The summed E-state index contributed by atoms with van der Waals surface area (Å²) in [5.74, 6) is -0.153. The molecule has 0 saturated carbocycles. The van der Waals surface area contributed by atoms with Crippen LogP contribution in [0.1, 0.15) is 42.7 Å². The van der Waals surface area contributed by atoms with Gasteiger partial charge in [-0.2, -0.15) is 0 Å². The molecule has 100 valence electrons. The van der Waals surface area contributed by atoms with Gasteiger partial charge in [0.15, 0.2) is 0 Å². The van der Waals surface area contributed by atoms with Crippen LogP contribution in [0.2, 0.25) is 5.15 Å². The number of rotatable bonds is 6. The van der Waals surface area contributed by atoms with Crippen LogP contribution in [0.15, 0.2) is 12.1 Å². The second kappa shape index (κ2) is 7.34. The summed E-state index contributed by atoms with van der Waals surface area (Å²) in [6, 6.07) is 3.31. The Bertz CT molecular complexity index is 408. The summed E-state index contributed by atoms with van der Waals surface area (Å²) in [7, 11) is 0. The second-order valence-electron chi connectivity index (χ2n) is 4.27. The summed E-state index contributed by atoms with van der Waals surface area (Å²) in [5.41, 5.74) is 1.33. The van der Waals surface area contributed by atoms with Crippen LogP contribution in [0, 0.1) is 0 Å². The number of nitrogens with one attached hydrogen (secondary N) is 1. The zero-order valence-corrected chi connectivity index (χ0v) is 11.5. The first-order valence-electron chi connectivity index (χ1n) is 6.15. The predicted octanol–water partition coefficient (Wildman–Crippen LogP) is 2.19. The minimum absolute atomic E-state index is 0.153. The lowest BCUT2D eigenvalue weighted by Crippen LogP contribution is -2.25. The third-order valence-electron chi connectivity index (χ3n) is 2.56. The molecule has 1 amide bonds. The van der Waals surface area contributed by atoms with Crippen LogP contribution in [0.5, 0.6) is 0 Å². The molecule has 1 heterocycles. The summed E-state index contributed by atoms with van der Waals surface area (Å²) in [5, 5.41) is 12.2. The van der Waals surface area contributed by atoms with E-state index in [0.717, 1.165) is 18.5 Å². The molecule has 0 spiro atoms. The standard InChI is InChI=1S/C13H19ClN2O2/c1-3-11-7-10(8-12(14)16-11)13(18)15-6-4-5-9(2)17/h7-9,17H,3-6H2,1-2H3,(H,15,18). The van der Waals surface area contributed by atoms with Gasteiger partial charge in [-0.25, -0.2) is 4.98 Å². The van der Waals surface area contributed by atoms with Crippen molar-refractivity contribution in [3.05, 3.63) is 28.5 Å². The minimum atomic E-state index is -0.330. The SMILES string of the molecule is CCc1cc(C(=O)NCCCC(C)O)cc(Cl)n1. The molecule has 1 aromatic rings. The Kier molecular flexibility index (Phi) is 6.09. The summed E-state index contributed by atoms with van der Waals surface area (Å²) in [6.45, 7) is 4.24. The van der Waals surface area contributed by atoms with Crippen LogP contribution in [-0.4, -0.2) is 28.6 Å². The highest BCUT2D eigenvalue weighted by Gasteiger charge is 2.08. The third kappa shape index (κ3) is 5.02. The second-order valence-corrected chi connectivity index (χ2v) is 4.66. The number of aliphatic hydroxyl groups excluding tert-OH is 1. The average Bonchev–Trinajstić information content (AvgIpc) is 2.33. The van der Waals surface area contributed by atoms with Crippen molar-refractivity contribution in [1.82, 2.24) is 10.3 Å². The highest BCUT2D eigenvalue weighted by molar-refractivity contribution is 6.29. The maximum absolute atomic E-state index is 11.8. The monoisotopic (exact) mass is 270 g/mol. The van der Waals surface area contributed by atoms with E-state index < -0.39 is 0 Å². The predicted molar refractivity (Wildman–Crippen MR) is 71.9 cm³/mol. The van der Waals surface area contributed by atoms with Crippen LogP contribution in [0.3, 0.4) is 0 Å². The maximum atomic E-state index is 11.8. The van der Waals surface area contributed by atoms with Crippen molar-refractivity contribution in [3.63, 3.8) is 0 Å². The Balaban J connectivity index is 2.53. The van der Waals surface area contributed by atoms with E-state index in [0.29, 0.717) is 23.7 Å². The zero-order chi connectivity index (χ0) is 13.5. The van der Waals surface area contributed by atoms with Crippen molar-refractivity contribution < 1.29 is 9.90 Å². The normalized spacial score (nSPS) is 12.2. The summed E-state index contributed by atoms with van der Waals surface area (Å²) in [4.78, 5) is 16.0. The first-order valence-corrected chi connectivity index (χ1v) is 6.53. The van der Waals surface area contributed by atoms with E-state index in [9.17, 15) is 4.79 Å². The number of amides is 1. The molecule has 0 bridgehead atoms. The fourth-order valence-corrected chi connectivity index (χ4v) is 1.79. The van der Waals surface area contributed by atoms with E-state index in [1.165, 1.54) is 0 Å². The smallest absolute Gasteiger partial charge is 0.251 e. The molecule has 0 aromatic carbocycles. The Morgan fingerprint density at radius 2 is 2.28 bits per heavy atom. The van der Waals surface area contributed by atoms with Gasteiger partial charge in [0, 0.05) is 17.8 Å². The fraction of sp³-hybridized carbons (Fsp3) is 0.538. The average molecular weight is 271 g/mol. The van der Waals surface area contributed by atoms with Gasteiger partial charge in [0.1, 0.15) is 5.15 Å². The van der Waals surface area contributed by atoms with Gasteiger partial charge >= 0.3 is 0 Å². The largest absolute Gasteiger partial charge is 0.393 e. The molecular weight excluding hydrogens is 252 g/mol. The number of aromatic nitrogens is 1. The number of hydrogen-bond donors (Lipinski definition) is 2. The molecule has 0 aliphatic heterocycles. The number of pyridine rings is 1. The van der Waals surface area contributed by atoms with E-state index in [1.807, 2.05) is 6.92 Å². The number of halogens is 1. The lowest BCUT2D eigenvalue weighted by Gasteiger charge is -2.07. The lowest BCUT2D eigenvalue weighted by molar-refractivity contribution is 0.0949. The quantitative estimate of drug-likeness (QED) is 0.615. The van der Waals surface area contributed by atoms with Gasteiger partial charge in [-0.3, -0.25) is 4.79 Å². The van der Waals surface area contributed by atoms with E-state index in [2.05, 4.69) is 10.3 Å². The fourth-order valence-electron chi connectivity index (χ4n) is 1.56. The van der Waals surface area contributed by atoms with Crippen molar-refractivity contribution in [2.24, 2.45) is 0 Å². The van der Waals surface area contributed by atoms with Crippen molar-refractivity contribution in [1.29, 1.82) is 0 Å². The van der Waals surface area contributed by atoms with Crippen LogP contribution >= 0.6 is 11.6 Å². The molecule has 5 heteroatoms. The van der Waals surface area contributed by atoms with Crippen LogP contribution in [-0.2, 0) is 6.42 Å². The first-order chi connectivity index (χ1) is 8.52. The van der Waals surface area contributed by atoms with Gasteiger partial charge in [0.25, 0.3) is 5.91 Å². The van der Waals surface area contributed by atoms with Gasteiger partial charge in [-0.15, -0.1) is 0 Å². The summed E-state index contributed by atoms with van der Waals surface area (Å²) >= 11 is 5.85. The van der Waals surface area contributed by atoms with Crippen LogP contribution in [0.4, 0.5) is 0 Å². The molecular formula is C13H19ClN2O2. The first kappa shape index (κ1) is 14.9. The highest BCUT2D eigenvalue weighted by Crippen LogP contribution is 2.11. The molecule has 0 aliphatic carbocycles. The Hall–Kier alpha value is -1.13. The zero-order valence-electron chi connectivity index (χ0n) is 10.7. The number of carbonyl (C=O) groups excluding carboxylic acids is 1. The highest BCUT2D eigenvalue weighted by atomic mass is 35.5. The topological polar surface area (TPSA) is 62.2 Å². The third-order valence-corrected chi connectivity index (χ3v) is 2.75. The number of aliphatic hydroxyl groups is 1. The van der Waals surface area contributed by atoms with Crippen LogP contribution < -0.4 is 5.32 Å². The molecule has 0 aliphatic rings. The van der Waals surface area contributed by atoms with Gasteiger partial charge in [-0.05, 0) is 38.3 Å². The Morgan fingerprint density at radius 1 is 1.56 bits per heavy atom. The molecule has 1 atom stereocenters. The maximum Gasteiger partial charge on any atom is 0.251 e. The minimum Gasteiger partial charge on any atom is -0.393 e. The van der Waals surface area contributed by atoms with Gasteiger partial charge in [-0.1, -0.05) is 18.5 Å². The van der Waals surface area contributed by atoms with Crippen molar-refractivity contribution in [2.75, 3.05) is 6.54 Å². The molecule has 2 N–H and O–H groups in total. The number of nitrogens with zero attached hydrogens (tertiary/aromatic N) is 1. The molecule has 0 saturated heterocycles. The number of hydrogen-bond acceptors (Lipinski definition) is 3. The molecule has 1 aromatic heterocycles. The number of aryl methyl sites for hydroxylation is 1. The van der Waals surface area contributed by atoms with E-state index >= 15 is 0 Å². The number of carbonyl (C=O) groups is 1. The van der Waals surface area contributed by atoms with Crippen LogP contribution in [0.25, 0.3) is 0 Å². The van der Waals surface area contributed by atoms with E-state index in [1.54, 1.807) is 19.1 Å².